The molecule has 1 aromatic rings. The SMILES string of the molecule is CCOC(=O)N1CCN(C(C)C(=O)NC(C)c2ccc(Cl)cc2Cl)CC1. The predicted octanol–water partition coefficient (Wildman–Crippen LogP) is 3.33. The molecule has 0 bridgehead atoms. The maximum atomic E-state index is 12.6. The zero-order chi connectivity index (χ0) is 19.3. The Labute approximate surface area is 164 Å². The van der Waals surface area contributed by atoms with Crippen LogP contribution in [0.1, 0.15) is 32.4 Å². The normalized spacial score (nSPS) is 17.5. The van der Waals surface area contributed by atoms with Gasteiger partial charge in [-0.2, -0.15) is 0 Å². The maximum absolute atomic E-state index is 12.6. The zero-order valence-electron chi connectivity index (χ0n) is 15.3. The van der Waals surface area contributed by atoms with E-state index in [-0.39, 0.29) is 24.1 Å². The van der Waals surface area contributed by atoms with Crippen molar-refractivity contribution in [3.63, 3.8) is 0 Å². The number of rotatable bonds is 5. The number of carbonyl (C=O) groups is 2. The third-order valence-electron chi connectivity index (χ3n) is 4.56. The van der Waals surface area contributed by atoms with E-state index in [0.717, 1.165) is 5.56 Å². The van der Waals surface area contributed by atoms with Gasteiger partial charge in [-0.3, -0.25) is 9.69 Å². The lowest BCUT2D eigenvalue weighted by Crippen LogP contribution is -2.55. The summed E-state index contributed by atoms with van der Waals surface area (Å²) in [6, 6.07) is 4.71. The Hall–Kier alpha value is -1.50. The van der Waals surface area contributed by atoms with E-state index >= 15 is 0 Å². The summed E-state index contributed by atoms with van der Waals surface area (Å²) in [5.41, 5.74) is 0.823. The Morgan fingerprint density at radius 3 is 2.42 bits per heavy atom. The first-order chi connectivity index (χ1) is 12.3. The number of halogens is 2. The van der Waals surface area contributed by atoms with E-state index in [1.165, 1.54) is 0 Å². The van der Waals surface area contributed by atoms with E-state index in [4.69, 9.17) is 27.9 Å². The Bertz CT molecular complexity index is 649. The van der Waals surface area contributed by atoms with E-state index in [1.807, 2.05) is 19.9 Å². The summed E-state index contributed by atoms with van der Waals surface area (Å²) in [7, 11) is 0. The molecule has 0 aromatic heterocycles. The number of nitrogens with one attached hydrogen (secondary N) is 1. The molecule has 1 heterocycles. The Kier molecular flexibility index (Phi) is 7.55. The molecule has 1 saturated heterocycles. The maximum Gasteiger partial charge on any atom is 0.409 e. The molecule has 0 radical (unpaired) electrons. The van der Waals surface area contributed by atoms with Gasteiger partial charge in [-0.1, -0.05) is 29.3 Å². The van der Waals surface area contributed by atoms with Crippen LogP contribution in [0.2, 0.25) is 10.0 Å². The van der Waals surface area contributed by atoms with Crippen LogP contribution in [-0.2, 0) is 9.53 Å². The average molecular weight is 402 g/mol. The van der Waals surface area contributed by atoms with Gasteiger partial charge in [0.1, 0.15) is 0 Å². The number of amides is 2. The van der Waals surface area contributed by atoms with Crippen LogP contribution in [0.3, 0.4) is 0 Å². The minimum absolute atomic E-state index is 0.0758. The molecular weight excluding hydrogens is 377 g/mol. The summed E-state index contributed by atoms with van der Waals surface area (Å²) in [6.45, 7) is 8.26. The van der Waals surface area contributed by atoms with E-state index in [0.29, 0.717) is 42.8 Å². The molecule has 2 rings (SSSR count). The lowest BCUT2D eigenvalue weighted by atomic mass is 10.1. The summed E-state index contributed by atoms with van der Waals surface area (Å²) in [6.07, 6.45) is -0.296. The molecule has 1 N–H and O–H groups in total. The second-order valence-corrected chi connectivity index (χ2v) is 7.14. The standard InChI is InChI=1S/C18H25Cl2N3O3/c1-4-26-18(25)23-9-7-22(8-10-23)13(3)17(24)21-12(2)15-6-5-14(19)11-16(15)20/h5-6,11-13H,4,7-10H2,1-3H3,(H,21,24). The van der Waals surface area contributed by atoms with Crippen molar-refractivity contribution in [2.75, 3.05) is 32.8 Å². The van der Waals surface area contributed by atoms with Crippen LogP contribution in [-0.4, -0.2) is 60.6 Å². The molecule has 1 aromatic carbocycles. The van der Waals surface area contributed by atoms with Gasteiger partial charge in [-0.05, 0) is 38.5 Å². The van der Waals surface area contributed by atoms with Crippen LogP contribution >= 0.6 is 23.2 Å². The minimum Gasteiger partial charge on any atom is -0.450 e. The molecule has 2 atom stereocenters. The lowest BCUT2D eigenvalue weighted by molar-refractivity contribution is -0.127. The van der Waals surface area contributed by atoms with Gasteiger partial charge >= 0.3 is 6.09 Å². The predicted molar refractivity (Wildman–Crippen MR) is 103 cm³/mol. The average Bonchev–Trinajstić information content (AvgIpc) is 2.61. The summed E-state index contributed by atoms with van der Waals surface area (Å²) < 4.78 is 5.01. The van der Waals surface area contributed by atoms with E-state index in [2.05, 4.69) is 10.2 Å². The van der Waals surface area contributed by atoms with Gasteiger partial charge in [0, 0.05) is 36.2 Å². The first-order valence-corrected chi connectivity index (χ1v) is 9.50. The molecule has 144 valence electrons. The minimum atomic E-state index is -0.298. The van der Waals surface area contributed by atoms with Crippen molar-refractivity contribution in [3.05, 3.63) is 33.8 Å². The molecule has 1 aliphatic heterocycles. The first-order valence-electron chi connectivity index (χ1n) is 8.74. The summed E-state index contributed by atoms with van der Waals surface area (Å²) in [4.78, 5) is 28.1. The Morgan fingerprint density at radius 2 is 1.85 bits per heavy atom. The van der Waals surface area contributed by atoms with Gasteiger partial charge < -0.3 is 15.0 Å². The van der Waals surface area contributed by atoms with Crippen molar-refractivity contribution < 1.29 is 14.3 Å². The fraction of sp³-hybridized carbons (Fsp3) is 0.556. The monoisotopic (exact) mass is 401 g/mol. The number of carbonyl (C=O) groups excluding carboxylic acids is 2. The van der Waals surface area contributed by atoms with Gasteiger partial charge in [-0.25, -0.2) is 4.79 Å². The highest BCUT2D eigenvalue weighted by atomic mass is 35.5. The highest BCUT2D eigenvalue weighted by Gasteiger charge is 2.28. The summed E-state index contributed by atoms with van der Waals surface area (Å²) in [5, 5.41) is 4.08. The quantitative estimate of drug-likeness (QED) is 0.821. The number of benzene rings is 1. The topological polar surface area (TPSA) is 61.9 Å². The van der Waals surface area contributed by atoms with Crippen molar-refractivity contribution in [3.8, 4) is 0 Å². The zero-order valence-corrected chi connectivity index (χ0v) is 16.8. The van der Waals surface area contributed by atoms with Crippen molar-refractivity contribution >= 4 is 35.2 Å². The number of hydrogen-bond acceptors (Lipinski definition) is 4. The fourth-order valence-electron chi connectivity index (χ4n) is 2.94. The number of ether oxygens (including phenoxy) is 1. The molecule has 0 aliphatic carbocycles. The third-order valence-corrected chi connectivity index (χ3v) is 5.12. The van der Waals surface area contributed by atoms with Crippen molar-refractivity contribution in [1.29, 1.82) is 0 Å². The van der Waals surface area contributed by atoms with Gasteiger partial charge in [0.25, 0.3) is 0 Å². The van der Waals surface area contributed by atoms with E-state index in [1.54, 1.807) is 24.0 Å². The van der Waals surface area contributed by atoms with Crippen molar-refractivity contribution in [1.82, 2.24) is 15.1 Å². The fourth-order valence-corrected chi connectivity index (χ4v) is 3.51. The van der Waals surface area contributed by atoms with Gasteiger partial charge in [0.2, 0.25) is 5.91 Å². The molecule has 8 heteroatoms. The largest absolute Gasteiger partial charge is 0.450 e. The molecule has 6 nitrogen and oxygen atoms in total. The van der Waals surface area contributed by atoms with Gasteiger partial charge in [-0.15, -0.1) is 0 Å². The molecule has 0 saturated carbocycles. The third kappa shape index (κ3) is 5.25. The molecule has 1 aliphatic rings. The summed E-state index contributed by atoms with van der Waals surface area (Å²) >= 11 is 12.1. The number of piperazine rings is 1. The molecule has 2 amide bonds. The highest BCUT2D eigenvalue weighted by molar-refractivity contribution is 6.35. The van der Waals surface area contributed by atoms with Gasteiger partial charge in [0.05, 0.1) is 18.7 Å². The highest BCUT2D eigenvalue weighted by Crippen LogP contribution is 2.26. The number of nitrogens with zero attached hydrogens (tertiary/aromatic N) is 2. The number of hydrogen-bond donors (Lipinski definition) is 1. The molecule has 26 heavy (non-hydrogen) atoms. The van der Waals surface area contributed by atoms with Crippen molar-refractivity contribution in [2.45, 2.75) is 32.9 Å². The van der Waals surface area contributed by atoms with E-state index < -0.39 is 0 Å². The lowest BCUT2D eigenvalue weighted by Gasteiger charge is -2.37. The smallest absolute Gasteiger partial charge is 0.409 e. The Balaban J connectivity index is 1.88. The Morgan fingerprint density at radius 1 is 1.19 bits per heavy atom. The van der Waals surface area contributed by atoms with Crippen LogP contribution in [0, 0.1) is 0 Å². The van der Waals surface area contributed by atoms with Crippen molar-refractivity contribution in [2.24, 2.45) is 0 Å². The molecule has 1 fully saturated rings. The first kappa shape index (κ1) is 20.8. The van der Waals surface area contributed by atoms with Crippen LogP contribution in [0.5, 0.6) is 0 Å². The van der Waals surface area contributed by atoms with Crippen LogP contribution in [0.4, 0.5) is 4.79 Å². The van der Waals surface area contributed by atoms with Crippen LogP contribution in [0.15, 0.2) is 18.2 Å². The van der Waals surface area contributed by atoms with Crippen LogP contribution < -0.4 is 5.32 Å². The molecular formula is C18H25Cl2N3O3. The van der Waals surface area contributed by atoms with E-state index in [9.17, 15) is 9.59 Å². The second-order valence-electron chi connectivity index (χ2n) is 6.29. The second kappa shape index (κ2) is 9.44. The molecule has 2 unspecified atom stereocenters. The van der Waals surface area contributed by atoms with Crippen LogP contribution in [0.25, 0.3) is 0 Å². The summed E-state index contributed by atoms with van der Waals surface area (Å²) in [5.74, 6) is -0.0758. The van der Waals surface area contributed by atoms with Gasteiger partial charge in [0.15, 0.2) is 0 Å². The molecule has 0 spiro atoms.